The lowest BCUT2D eigenvalue weighted by Crippen LogP contribution is -2.52. The van der Waals surface area contributed by atoms with Crippen LogP contribution >= 0.6 is 0 Å². The summed E-state index contributed by atoms with van der Waals surface area (Å²) in [4.78, 5) is 31.9. The van der Waals surface area contributed by atoms with Crippen molar-refractivity contribution in [3.05, 3.63) is 53.8 Å². The Balaban J connectivity index is 1.28. The van der Waals surface area contributed by atoms with Crippen LogP contribution in [0.25, 0.3) is 0 Å². The second kappa shape index (κ2) is 10.1. The van der Waals surface area contributed by atoms with Gasteiger partial charge >= 0.3 is 0 Å². The number of piperidine rings is 1. The van der Waals surface area contributed by atoms with E-state index in [1.165, 1.54) is 12.1 Å². The fourth-order valence-corrected chi connectivity index (χ4v) is 4.58. The van der Waals surface area contributed by atoms with Crippen LogP contribution in [-0.4, -0.2) is 75.1 Å². The maximum atomic E-state index is 13.2. The number of nitrogens with zero attached hydrogens (tertiary/aromatic N) is 3. The van der Waals surface area contributed by atoms with Gasteiger partial charge in [-0.05, 0) is 55.3 Å². The summed E-state index contributed by atoms with van der Waals surface area (Å²) in [5.74, 6) is 0.910. The molecule has 2 saturated heterocycles. The molecule has 0 N–H and O–H groups in total. The lowest BCUT2D eigenvalue weighted by atomic mass is 9.94. The van der Waals surface area contributed by atoms with Crippen molar-refractivity contribution < 1.29 is 23.5 Å². The third-order valence-corrected chi connectivity index (χ3v) is 6.55. The molecule has 2 aromatic rings. The Hall–Kier alpha value is -3.29. The fourth-order valence-electron chi connectivity index (χ4n) is 4.58. The van der Waals surface area contributed by atoms with Crippen molar-refractivity contribution in [1.29, 1.82) is 0 Å². The Labute approximate surface area is 193 Å². The molecule has 0 aromatic heterocycles. The number of benzene rings is 2. The van der Waals surface area contributed by atoms with Gasteiger partial charge in [0, 0.05) is 56.4 Å². The number of hydrogen-bond donors (Lipinski definition) is 0. The van der Waals surface area contributed by atoms with Crippen molar-refractivity contribution in [3.63, 3.8) is 0 Å². The van der Waals surface area contributed by atoms with Crippen LogP contribution in [0.3, 0.4) is 0 Å². The minimum absolute atomic E-state index is 0.0585. The monoisotopic (exact) mass is 455 g/mol. The van der Waals surface area contributed by atoms with Gasteiger partial charge in [-0.15, -0.1) is 0 Å². The Bertz CT molecular complexity index is 982. The van der Waals surface area contributed by atoms with Crippen molar-refractivity contribution in [2.75, 3.05) is 58.4 Å². The minimum atomic E-state index is -0.247. The van der Waals surface area contributed by atoms with Crippen LogP contribution in [0.2, 0.25) is 0 Å². The Kier molecular flexibility index (Phi) is 7.01. The van der Waals surface area contributed by atoms with Crippen LogP contribution in [0.1, 0.15) is 23.2 Å². The van der Waals surface area contributed by atoms with Gasteiger partial charge in [-0.2, -0.15) is 0 Å². The van der Waals surface area contributed by atoms with Crippen molar-refractivity contribution in [3.8, 4) is 11.5 Å². The van der Waals surface area contributed by atoms with Gasteiger partial charge in [0.05, 0.1) is 14.2 Å². The molecular weight excluding hydrogens is 425 g/mol. The first-order valence-electron chi connectivity index (χ1n) is 11.3. The number of ether oxygens (including phenoxy) is 2. The van der Waals surface area contributed by atoms with E-state index in [0.717, 1.165) is 18.8 Å². The van der Waals surface area contributed by atoms with Gasteiger partial charge in [-0.1, -0.05) is 0 Å². The summed E-state index contributed by atoms with van der Waals surface area (Å²) in [5.41, 5.74) is 1.53. The highest BCUT2D eigenvalue weighted by molar-refractivity contribution is 5.95. The topological polar surface area (TPSA) is 62.3 Å². The summed E-state index contributed by atoms with van der Waals surface area (Å²) < 4.78 is 23.7. The predicted molar refractivity (Wildman–Crippen MR) is 123 cm³/mol. The minimum Gasteiger partial charge on any atom is -0.493 e. The van der Waals surface area contributed by atoms with E-state index >= 15 is 0 Å². The van der Waals surface area contributed by atoms with Gasteiger partial charge in [-0.25, -0.2) is 4.39 Å². The van der Waals surface area contributed by atoms with E-state index in [0.29, 0.717) is 56.1 Å². The van der Waals surface area contributed by atoms with E-state index in [2.05, 4.69) is 4.90 Å². The molecule has 2 fully saturated rings. The highest BCUT2D eigenvalue weighted by Crippen LogP contribution is 2.29. The number of methoxy groups -OCH3 is 2. The molecule has 7 nitrogen and oxygen atoms in total. The molecule has 0 bridgehead atoms. The van der Waals surface area contributed by atoms with Crippen LogP contribution < -0.4 is 14.4 Å². The third-order valence-electron chi connectivity index (χ3n) is 6.55. The van der Waals surface area contributed by atoms with Gasteiger partial charge in [0.2, 0.25) is 5.91 Å². The zero-order chi connectivity index (χ0) is 23.4. The summed E-state index contributed by atoms with van der Waals surface area (Å²) in [6.45, 7) is 3.88. The normalized spacial score (nSPS) is 17.1. The predicted octanol–water partition coefficient (Wildman–Crippen LogP) is 3.04. The molecule has 2 aliphatic heterocycles. The number of rotatable bonds is 5. The largest absolute Gasteiger partial charge is 0.493 e. The van der Waals surface area contributed by atoms with Crippen molar-refractivity contribution >= 4 is 17.5 Å². The maximum Gasteiger partial charge on any atom is 0.253 e. The molecule has 0 radical (unpaired) electrons. The van der Waals surface area contributed by atoms with Gasteiger partial charge in [0.1, 0.15) is 5.82 Å². The molecule has 4 rings (SSSR count). The zero-order valence-electron chi connectivity index (χ0n) is 19.1. The van der Waals surface area contributed by atoms with Gasteiger partial charge in [0.25, 0.3) is 5.91 Å². The highest BCUT2D eigenvalue weighted by atomic mass is 19.1. The average molecular weight is 456 g/mol. The van der Waals surface area contributed by atoms with Crippen molar-refractivity contribution in [1.82, 2.24) is 9.80 Å². The van der Waals surface area contributed by atoms with Crippen LogP contribution in [0.5, 0.6) is 11.5 Å². The molecule has 176 valence electrons. The number of carbonyl (C=O) groups excluding carboxylic acids is 2. The van der Waals surface area contributed by atoms with Gasteiger partial charge in [0.15, 0.2) is 11.5 Å². The molecule has 2 aliphatic rings. The zero-order valence-corrected chi connectivity index (χ0v) is 19.1. The van der Waals surface area contributed by atoms with E-state index in [-0.39, 0.29) is 23.5 Å². The summed E-state index contributed by atoms with van der Waals surface area (Å²) in [6, 6.07) is 11.6. The molecule has 0 spiro atoms. The molecule has 8 heteroatoms. The summed E-state index contributed by atoms with van der Waals surface area (Å²) in [5, 5.41) is 0. The van der Waals surface area contributed by atoms with Crippen LogP contribution in [-0.2, 0) is 4.79 Å². The van der Waals surface area contributed by atoms with E-state index in [9.17, 15) is 14.0 Å². The van der Waals surface area contributed by atoms with Crippen molar-refractivity contribution in [2.24, 2.45) is 5.92 Å². The molecule has 0 unspecified atom stereocenters. The first-order chi connectivity index (χ1) is 16.0. The summed E-state index contributed by atoms with van der Waals surface area (Å²) >= 11 is 0. The van der Waals surface area contributed by atoms with Gasteiger partial charge < -0.3 is 24.2 Å². The Morgan fingerprint density at radius 1 is 0.818 bits per heavy atom. The molecule has 0 atom stereocenters. The van der Waals surface area contributed by atoms with Crippen LogP contribution in [0.4, 0.5) is 10.1 Å². The molecule has 2 aromatic carbocycles. The van der Waals surface area contributed by atoms with E-state index in [4.69, 9.17) is 9.47 Å². The standard InChI is InChI=1S/C25H30FN3O4/c1-32-22-8-3-19(17-23(22)33-2)25(31)28-11-9-18(10-12-28)24(30)29-15-13-27(14-16-29)21-6-4-20(26)5-7-21/h3-8,17-18H,9-16H2,1-2H3. The number of likely N-dealkylation sites (tertiary alicyclic amines) is 1. The third kappa shape index (κ3) is 5.05. The summed E-state index contributed by atoms with van der Waals surface area (Å²) in [7, 11) is 3.10. The van der Waals surface area contributed by atoms with Crippen LogP contribution in [0.15, 0.2) is 42.5 Å². The molecule has 33 heavy (non-hydrogen) atoms. The number of halogens is 1. The molecule has 0 aliphatic carbocycles. The fraction of sp³-hybridized carbons (Fsp3) is 0.440. The smallest absolute Gasteiger partial charge is 0.253 e. The number of piperazine rings is 1. The lowest BCUT2D eigenvalue weighted by Gasteiger charge is -2.39. The van der Waals surface area contributed by atoms with Crippen molar-refractivity contribution in [2.45, 2.75) is 12.8 Å². The Morgan fingerprint density at radius 3 is 2.06 bits per heavy atom. The first-order valence-corrected chi connectivity index (χ1v) is 11.3. The van der Waals surface area contributed by atoms with E-state index in [1.54, 1.807) is 49.5 Å². The Morgan fingerprint density at radius 2 is 1.45 bits per heavy atom. The number of carbonyl (C=O) groups is 2. The second-order valence-electron chi connectivity index (χ2n) is 8.42. The van der Waals surface area contributed by atoms with E-state index < -0.39 is 0 Å². The van der Waals surface area contributed by atoms with Crippen LogP contribution in [0, 0.1) is 11.7 Å². The quantitative estimate of drug-likeness (QED) is 0.694. The van der Waals surface area contributed by atoms with E-state index in [1.807, 2.05) is 4.90 Å². The SMILES string of the molecule is COc1ccc(C(=O)N2CCC(C(=O)N3CCN(c4ccc(F)cc4)CC3)CC2)cc1OC. The molecule has 0 saturated carbocycles. The summed E-state index contributed by atoms with van der Waals surface area (Å²) in [6.07, 6.45) is 1.33. The molecule has 2 heterocycles. The number of anilines is 1. The lowest BCUT2D eigenvalue weighted by molar-refractivity contribution is -0.137. The molecule has 2 amide bonds. The van der Waals surface area contributed by atoms with Gasteiger partial charge in [-0.3, -0.25) is 9.59 Å². The number of hydrogen-bond acceptors (Lipinski definition) is 5. The first kappa shape index (κ1) is 22.9. The highest BCUT2D eigenvalue weighted by Gasteiger charge is 2.32. The maximum absolute atomic E-state index is 13.2. The number of amides is 2. The second-order valence-corrected chi connectivity index (χ2v) is 8.42. The molecular formula is C25H30FN3O4. The average Bonchev–Trinajstić information content (AvgIpc) is 2.88.